The van der Waals surface area contributed by atoms with E-state index in [2.05, 4.69) is 35.8 Å². The molecule has 0 unspecified atom stereocenters. The van der Waals surface area contributed by atoms with Gasteiger partial charge in [-0.15, -0.1) is 0 Å². The van der Waals surface area contributed by atoms with Crippen LogP contribution in [0, 0.1) is 5.92 Å². The van der Waals surface area contributed by atoms with Crippen LogP contribution in [-0.4, -0.2) is 31.1 Å². The normalized spacial score (nSPS) is 16.0. The van der Waals surface area contributed by atoms with Crippen LogP contribution in [0.2, 0.25) is 0 Å². The fourth-order valence-corrected chi connectivity index (χ4v) is 4.17. The monoisotopic (exact) mass is 435 g/mol. The minimum absolute atomic E-state index is 0.111. The third-order valence-corrected chi connectivity index (χ3v) is 6.51. The Morgan fingerprint density at radius 1 is 1.13 bits per heavy atom. The van der Waals surface area contributed by atoms with Crippen LogP contribution in [-0.2, 0) is 11.2 Å². The average Bonchev–Trinajstić information content (AvgIpc) is 3.49. The number of aromatic amines is 1. The molecule has 2 fully saturated rings. The van der Waals surface area contributed by atoms with Gasteiger partial charge in [-0.3, -0.25) is 9.89 Å². The predicted octanol–water partition coefficient (Wildman–Crippen LogP) is 4.67. The second kappa shape index (κ2) is 8.66. The van der Waals surface area contributed by atoms with Crippen molar-refractivity contribution in [3.8, 4) is 0 Å². The summed E-state index contributed by atoms with van der Waals surface area (Å²) >= 11 is 1.47. The van der Waals surface area contributed by atoms with Gasteiger partial charge in [-0.1, -0.05) is 13.3 Å². The van der Waals surface area contributed by atoms with Crippen molar-refractivity contribution >= 4 is 35.1 Å². The third-order valence-electron chi connectivity index (χ3n) is 5.64. The number of amides is 1. The Hall–Kier alpha value is -2.94. The minimum Gasteiger partial charge on any atom is -0.326 e. The van der Waals surface area contributed by atoms with Gasteiger partial charge in [0.1, 0.15) is 5.82 Å². The van der Waals surface area contributed by atoms with Crippen LogP contribution in [0.5, 0.6) is 0 Å². The van der Waals surface area contributed by atoms with Crippen LogP contribution in [0.3, 0.4) is 0 Å². The fraction of sp³-hybridized carbons (Fsp3) is 0.409. The first-order valence-electron chi connectivity index (χ1n) is 10.8. The molecule has 2 aliphatic rings. The summed E-state index contributed by atoms with van der Waals surface area (Å²) in [6, 6.07) is 9.80. The lowest BCUT2D eigenvalue weighted by Gasteiger charge is -2.23. The van der Waals surface area contributed by atoms with E-state index in [0.717, 1.165) is 35.1 Å². The Morgan fingerprint density at radius 2 is 1.94 bits per heavy atom. The highest BCUT2D eigenvalue weighted by Crippen LogP contribution is 2.36. The number of rotatable bonds is 8. The van der Waals surface area contributed by atoms with Crippen molar-refractivity contribution in [1.29, 1.82) is 0 Å². The minimum atomic E-state index is 0.111. The Balaban J connectivity index is 1.27. The highest BCUT2D eigenvalue weighted by atomic mass is 32.2. The van der Waals surface area contributed by atoms with Gasteiger partial charge in [0.05, 0.1) is 0 Å². The van der Waals surface area contributed by atoms with E-state index in [0.29, 0.717) is 23.4 Å². The average molecular weight is 436 g/mol. The first kappa shape index (κ1) is 20.0. The molecule has 0 aliphatic heterocycles. The smallest absolute Gasteiger partial charge is 0.232 e. The zero-order chi connectivity index (χ0) is 21.2. The number of carbonyl (C=O) groups excluding carboxylic acids is 1. The van der Waals surface area contributed by atoms with E-state index in [4.69, 9.17) is 0 Å². The van der Waals surface area contributed by atoms with E-state index in [1.807, 2.05) is 37.3 Å². The van der Waals surface area contributed by atoms with Crippen molar-refractivity contribution in [1.82, 2.24) is 25.1 Å². The summed E-state index contributed by atoms with van der Waals surface area (Å²) in [6.07, 6.45) is 6.43. The van der Waals surface area contributed by atoms with Crippen molar-refractivity contribution in [3.63, 3.8) is 0 Å². The van der Waals surface area contributed by atoms with E-state index in [9.17, 15) is 4.79 Å². The highest BCUT2D eigenvalue weighted by molar-refractivity contribution is 7.99. The maximum Gasteiger partial charge on any atom is 0.232 e. The summed E-state index contributed by atoms with van der Waals surface area (Å²) in [7, 11) is 0. The lowest BCUT2D eigenvalue weighted by Crippen LogP contribution is -2.12. The molecule has 9 heteroatoms. The molecule has 0 saturated heterocycles. The fourth-order valence-electron chi connectivity index (χ4n) is 3.40. The zero-order valence-electron chi connectivity index (χ0n) is 17.4. The molecule has 2 aliphatic carbocycles. The molecule has 3 aromatic rings. The van der Waals surface area contributed by atoms with E-state index >= 15 is 0 Å². The zero-order valence-corrected chi connectivity index (χ0v) is 18.2. The summed E-state index contributed by atoms with van der Waals surface area (Å²) in [5.74, 6) is 2.84. The second-order valence-corrected chi connectivity index (χ2v) is 9.10. The number of aryl methyl sites for hydroxylation is 1. The largest absolute Gasteiger partial charge is 0.326 e. The van der Waals surface area contributed by atoms with Crippen molar-refractivity contribution < 1.29 is 4.79 Å². The molecule has 2 saturated carbocycles. The highest BCUT2D eigenvalue weighted by Gasteiger charge is 2.29. The Kier molecular flexibility index (Phi) is 5.59. The molecule has 2 aromatic heterocycles. The van der Waals surface area contributed by atoms with Gasteiger partial charge in [-0.25, -0.2) is 4.98 Å². The van der Waals surface area contributed by atoms with Crippen molar-refractivity contribution in [2.45, 2.75) is 61.4 Å². The van der Waals surface area contributed by atoms with Gasteiger partial charge in [-0.05, 0) is 61.7 Å². The van der Waals surface area contributed by atoms with Crippen molar-refractivity contribution in [2.75, 3.05) is 10.6 Å². The first-order valence-corrected chi connectivity index (χ1v) is 11.6. The van der Waals surface area contributed by atoms with Gasteiger partial charge in [0.15, 0.2) is 11.0 Å². The van der Waals surface area contributed by atoms with Gasteiger partial charge >= 0.3 is 0 Å². The van der Waals surface area contributed by atoms with E-state index in [-0.39, 0.29) is 11.8 Å². The summed E-state index contributed by atoms with van der Waals surface area (Å²) < 4.78 is 0. The topological polar surface area (TPSA) is 108 Å². The van der Waals surface area contributed by atoms with Gasteiger partial charge < -0.3 is 10.6 Å². The SMILES string of the molecule is CCc1nc(Nc2cc(C3CCC3)[nH]n2)nc(Sc2ccc(NC(=O)C3CC3)cc2)n1. The number of carbonyl (C=O) groups is 1. The molecular weight excluding hydrogens is 410 g/mol. The Morgan fingerprint density at radius 3 is 2.61 bits per heavy atom. The lowest BCUT2D eigenvalue weighted by molar-refractivity contribution is -0.117. The first-order chi connectivity index (χ1) is 15.2. The molecule has 3 N–H and O–H groups in total. The van der Waals surface area contributed by atoms with Crippen molar-refractivity contribution in [3.05, 3.63) is 41.9 Å². The summed E-state index contributed by atoms with van der Waals surface area (Å²) in [4.78, 5) is 26.5. The number of hydrogen-bond donors (Lipinski definition) is 3. The van der Waals surface area contributed by atoms with Crippen LogP contribution < -0.4 is 10.6 Å². The van der Waals surface area contributed by atoms with Crippen LogP contribution in [0.1, 0.15) is 56.5 Å². The molecule has 2 heterocycles. The molecular formula is C22H25N7OS. The van der Waals surface area contributed by atoms with Gasteiger partial charge in [0.25, 0.3) is 0 Å². The maximum absolute atomic E-state index is 11.9. The molecule has 1 aromatic carbocycles. The maximum atomic E-state index is 11.9. The second-order valence-electron chi connectivity index (χ2n) is 8.06. The molecule has 0 radical (unpaired) electrons. The Bertz CT molecular complexity index is 1070. The van der Waals surface area contributed by atoms with Gasteiger partial charge in [-0.2, -0.15) is 15.1 Å². The van der Waals surface area contributed by atoms with Crippen molar-refractivity contribution in [2.24, 2.45) is 5.92 Å². The molecule has 1 amide bonds. The number of anilines is 3. The molecule has 31 heavy (non-hydrogen) atoms. The number of nitrogens with one attached hydrogen (secondary N) is 3. The number of hydrogen-bond acceptors (Lipinski definition) is 7. The molecule has 0 bridgehead atoms. The predicted molar refractivity (Wildman–Crippen MR) is 120 cm³/mol. The lowest BCUT2D eigenvalue weighted by atomic mass is 9.83. The van der Waals surface area contributed by atoms with Crippen LogP contribution in [0.25, 0.3) is 0 Å². The third kappa shape index (κ3) is 4.87. The number of aromatic nitrogens is 5. The van der Waals surface area contributed by atoms with E-state index < -0.39 is 0 Å². The summed E-state index contributed by atoms with van der Waals surface area (Å²) in [5.41, 5.74) is 1.98. The van der Waals surface area contributed by atoms with Crippen LogP contribution >= 0.6 is 11.8 Å². The van der Waals surface area contributed by atoms with Gasteiger partial charge in [0.2, 0.25) is 11.9 Å². The molecule has 160 valence electrons. The summed E-state index contributed by atoms with van der Waals surface area (Å²) in [6.45, 7) is 2.02. The van der Waals surface area contributed by atoms with Gasteiger partial charge in [0, 0.05) is 40.6 Å². The number of H-pyrrole nitrogens is 1. The van der Waals surface area contributed by atoms with Crippen LogP contribution in [0.4, 0.5) is 17.5 Å². The number of nitrogens with zero attached hydrogens (tertiary/aromatic N) is 4. The summed E-state index contributed by atoms with van der Waals surface area (Å²) in [5, 5.41) is 14.3. The molecule has 0 atom stereocenters. The van der Waals surface area contributed by atoms with Crippen LogP contribution in [0.15, 0.2) is 40.4 Å². The quantitative estimate of drug-likeness (QED) is 0.472. The van der Waals surface area contributed by atoms with E-state index in [1.165, 1.54) is 36.7 Å². The molecule has 8 nitrogen and oxygen atoms in total. The molecule has 5 rings (SSSR count). The Labute approximate surface area is 185 Å². The number of benzene rings is 1. The standard InChI is InChI=1S/C22H25N7OS/c1-2-18-24-21(25-19-12-17(28-29-19)13-4-3-5-13)27-22(26-18)31-16-10-8-15(9-11-16)23-20(30)14-6-7-14/h8-14H,2-7H2,1H3,(H,23,30)(H2,24,25,26,27,28,29). The molecule has 0 spiro atoms. The van der Waals surface area contributed by atoms with E-state index in [1.54, 1.807) is 0 Å².